The Bertz CT molecular complexity index is 295. The van der Waals surface area contributed by atoms with E-state index in [1.54, 1.807) is 6.26 Å². The zero-order valence-electron chi connectivity index (χ0n) is 7.28. The summed E-state index contributed by atoms with van der Waals surface area (Å²) in [5.74, 6) is 1.12. The summed E-state index contributed by atoms with van der Waals surface area (Å²) in [5, 5.41) is 0. The van der Waals surface area contributed by atoms with Gasteiger partial charge in [0.15, 0.2) is 5.95 Å². The van der Waals surface area contributed by atoms with Gasteiger partial charge in [-0.3, -0.25) is 4.21 Å². The Labute approximate surface area is 74.2 Å². The van der Waals surface area contributed by atoms with Crippen molar-refractivity contribution >= 4 is 16.7 Å². The summed E-state index contributed by atoms with van der Waals surface area (Å²) < 4.78 is 12.6. The van der Waals surface area contributed by atoms with E-state index in [4.69, 9.17) is 5.73 Å². The number of anilines is 1. The molecule has 1 aromatic heterocycles. The van der Waals surface area contributed by atoms with Crippen molar-refractivity contribution in [2.75, 3.05) is 17.7 Å². The summed E-state index contributed by atoms with van der Waals surface area (Å²) in [7, 11) is -0.769. The minimum atomic E-state index is -0.769. The van der Waals surface area contributed by atoms with Crippen LogP contribution in [0.15, 0.2) is 6.20 Å². The number of aryl methyl sites for hydroxylation is 2. The lowest BCUT2D eigenvalue weighted by Gasteiger charge is -2.00. The van der Waals surface area contributed by atoms with Crippen LogP contribution in [0.3, 0.4) is 0 Å². The Kier molecular flexibility index (Phi) is 2.86. The molecule has 1 atom stereocenters. The normalized spacial score (nSPS) is 13.2. The van der Waals surface area contributed by atoms with Gasteiger partial charge in [-0.1, -0.05) is 0 Å². The first-order chi connectivity index (χ1) is 5.59. The molecule has 0 saturated carbocycles. The molecule has 0 saturated heterocycles. The van der Waals surface area contributed by atoms with Crippen molar-refractivity contribution < 1.29 is 4.21 Å². The van der Waals surface area contributed by atoms with Gasteiger partial charge < -0.3 is 10.3 Å². The van der Waals surface area contributed by atoms with Crippen LogP contribution in [0.5, 0.6) is 0 Å². The second-order valence-corrected chi connectivity index (χ2v) is 4.27. The van der Waals surface area contributed by atoms with E-state index in [1.807, 2.05) is 17.7 Å². The van der Waals surface area contributed by atoms with E-state index < -0.39 is 10.8 Å². The number of imidazole rings is 1. The fraction of sp³-hybridized carbons (Fsp3) is 0.571. The van der Waals surface area contributed by atoms with Gasteiger partial charge in [0.2, 0.25) is 0 Å². The number of hydrogen-bond donors (Lipinski definition) is 1. The van der Waals surface area contributed by atoms with Crippen molar-refractivity contribution in [1.82, 2.24) is 9.55 Å². The molecular weight excluding hydrogens is 174 g/mol. The highest BCUT2D eigenvalue weighted by Gasteiger charge is 2.01. The van der Waals surface area contributed by atoms with Crippen LogP contribution in [0, 0.1) is 6.92 Å². The summed E-state index contributed by atoms with van der Waals surface area (Å²) in [4.78, 5) is 4.03. The number of hydrogen-bond acceptors (Lipinski definition) is 3. The first-order valence-corrected chi connectivity index (χ1v) is 5.41. The molecule has 0 aliphatic rings. The van der Waals surface area contributed by atoms with Gasteiger partial charge in [0.05, 0.1) is 5.69 Å². The Morgan fingerprint density at radius 1 is 1.75 bits per heavy atom. The van der Waals surface area contributed by atoms with Crippen LogP contribution in [0.2, 0.25) is 0 Å². The van der Waals surface area contributed by atoms with E-state index in [2.05, 4.69) is 4.98 Å². The van der Waals surface area contributed by atoms with Crippen molar-refractivity contribution in [3.8, 4) is 0 Å². The van der Waals surface area contributed by atoms with Gasteiger partial charge in [0, 0.05) is 35.5 Å². The molecule has 5 heteroatoms. The Hall–Kier alpha value is -0.840. The molecule has 1 aromatic rings. The third-order valence-electron chi connectivity index (χ3n) is 1.55. The first-order valence-electron chi connectivity index (χ1n) is 3.69. The average molecular weight is 187 g/mol. The van der Waals surface area contributed by atoms with E-state index in [1.165, 1.54) is 0 Å². The average Bonchev–Trinajstić information content (AvgIpc) is 2.26. The molecule has 68 valence electrons. The standard InChI is InChI=1S/C7H13N3OS/c1-6-5-10(7(8)9-6)3-4-12(2)11/h5H,3-4H2,1-2H3,(H2,8,9). The quantitative estimate of drug-likeness (QED) is 0.733. The summed E-state index contributed by atoms with van der Waals surface area (Å²) in [6, 6.07) is 0. The second-order valence-electron chi connectivity index (χ2n) is 2.71. The number of nitrogen functional groups attached to an aromatic ring is 1. The van der Waals surface area contributed by atoms with Crippen molar-refractivity contribution in [2.45, 2.75) is 13.5 Å². The van der Waals surface area contributed by atoms with Crippen LogP contribution in [0.4, 0.5) is 5.95 Å². The van der Waals surface area contributed by atoms with E-state index in [9.17, 15) is 4.21 Å². The number of nitrogens with two attached hydrogens (primary N) is 1. The fourth-order valence-corrected chi connectivity index (χ4v) is 1.43. The van der Waals surface area contributed by atoms with E-state index in [-0.39, 0.29) is 0 Å². The van der Waals surface area contributed by atoms with Gasteiger partial charge in [-0.25, -0.2) is 4.98 Å². The summed E-state index contributed by atoms with van der Waals surface area (Å²) in [6.07, 6.45) is 3.54. The van der Waals surface area contributed by atoms with E-state index in [0.717, 1.165) is 5.69 Å². The SMILES string of the molecule is Cc1cn(CCS(C)=O)c(N)n1. The highest BCUT2D eigenvalue weighted by Crippen LogP contribution is 2.03. The number of nitrogens with zero attached hydrogens (tertiary/aromatic N) is 2. The van der Waals surface area contributed by atoms with Crippen molar-refractivity contribution in [3.05, 3.63) is 11.9 Å². The zero-order chi connectivity index (χ0) is 9.14. The van der Waals surface area contributed by atoms with Gasteiger partial charge in [-0.15, -0.1) is 0 Å². The minimum absolute atomic E-state index is 0.498. The van der Waals surface area contributed by atoms with Gasteiger partial charge in [0.25, 0.3) is 0 Å². The molecule has 0 fully saturated rings. The van der Waals surface area contributed by atoms with Gasteiger partial charge in [0.1, 0.15) is 0 Å². The third-order valence-corrected chi connectivity index (χ3v) is 2.30. The molecule has 0 radical (unpaired) electrons. The van der Waals surface area contributed by atoms with E-state index >= 15 is 0 Å². The summed E-state index contributed by atoms with van der Waals surface area (Å²) >= 11 is 0. The van der Waals surface area contributed by atoms with Crippen LogP contribution in [0.25, 0.3) is 0 Å². The molecule has 0 aliphatic heterocycles. The topological polar surface area (TPSA) is 60.9 Å². The van der Waals surface area contributed by atoms with Crippen LogP contribution in [-0.2, 0) is 17.3 Å². The highest BCUT2D eigenvalue weighted by atomic mass is 32.2. The van der Waals surface area contributed by atoms with E-state index in [0.29, 0.717) is 18.2 Å². The second kappa shape index (κ2) is 3.71. The fourth-order valence-electron chi connectivity index (χ4n) is 0.971. The molecule has 0 bridgehead atoms. The summed E-state index contributed by atoms with van der Waals surface area (Å²) in [6.45, 7) is 2.56. The molecule has 0 aliphatic carbocycles. The van der Waals surface area contributed by atoms with Crippen LogP contribution < -0.4 is 5.73 Å². The molecular formula is C7H13N3OS. The van der Waals surface area contributed by atoms with Crippen LogP contribution in [-0.4, -0.2) is 25.8 Å². The van der Waals surface area contributed by atoms with Crippen molar-refractivity contribution in [3.63, 3.8) is 0 Å². The van der Waals surface area contributed by atoms with Crippen molar-refractivity contribution in [1.29, 1.82) is 0 Å². The molecule has 0 spiro atoms. The van der Waals surface area contributed by atoms with Gasteiger partial charge in [-0.05, 0) is 6.92 Å². The largest absolute Gasteiger partial charge is 0.369 e. The molecule has 12 heavy (non-hydrogen) atoms. The molecule has 1 rings (SSSR count). The highest BCUT2D eigenvalue weighted by molar-refractivity contribution is 7.84. The maximum atomic E-state index is 10.8. The smallest absolute Gasteiger partial charge is 0.200 e. The lowest BCUT2D eigenvalue weighted by molar-refractivity contribution is 0.678. The predicted molar refractivity (Wildman–Crippen MR) is 50.3 cm³/mol. The predicted octanol–water partition coefficient (Wildman–Crippen LogP) is 0.152. The van der Waals surface area contributed by atoms with Crippen LogP contribution >= 0.6 is 0 Å². The lowest BCUT2D eigenvalue weighted by Crippen LogP contribution is -2.08. The lowest BCUT2D eigenvalue weighted by atomic mass is 10.6. The maximum Gasteiger partial charge on any atom is 0.200 e. The molecule has 0 aromatic carbocycles. The number of rotatable bonds is 3. The van der Waals surface area contributed by atoms with Gasteiger partial charge in [-0.2, -0.15) is 0 Å². The first kappa shape index (κ1) is 9.25. The molecule has 1 heterocycles. The number of aromatic nitrogens is 2. The molecule has 1 unspecified atom stereocenters. The Balaban J connectivity index is 2.62. The van der Waals surface area contributed by atoms with Crippen molar-refractivity contribution in [2.24, 2.45) is 0 Å². The maximum absolute atomic E-state index is 10.8. The monoisotopic (exact) mass is 187 g/mol. The third kappa shape index (κ3) is 2.34. The Morgan fingerprint density at radius 2 is 2.42 bits per heavy atom. The molecule has 2 N–H and O–H groups in total. The van der Waals surface area contributed by atoms with Gasteiger partial charge >= 0.3 is 0 Å². The zero-order valence-corrected chi connectivity index (χ0v) is 8.10. The molecule has 0 amide bonds. The minimum Gasteiger partial charge on any atom is -0.369 e. The Morgan fingerprint density at radius 3 is 2.83 bits per heavy atom. The summed E-state index contributed by atoms with van der Waals surface area (Å²) in [5.41, 5.74) is 6.48. The molecule has 4 nitrogen and oxygen atoms in total. The van der Waals surface area contributed by atoms with Crippen LogP contribution in [0.1, 0.15) is 5.69 Å².